The zero-order valence-corrected chi connectivity index (χ0v) is 9.15. The second-order valence-corrected chi connectivity index (χ2v) is 4.13. The number of carbonyl (C=O) groups excluding carboxylic acids is 1. The van der Waals surface area contributed by atoms with E-state index in [1.807, 2.05) is 4.72 Å². The first kappa shape index (κ1) is 14.6. The number of aliphatic hydroxyl groups is 1. The quantitative estimate of drug-likeness (QED) is 0.431. The van der Waals surface area contributed by atoms with E-state index in [4.69, 9.17) is 10.2 Å². The third kappa shape index (κ3) is 6.16. The van der Waals surface area contributed by atoms with Gasteiger partial charge < -0.3 is 14.9 Å². The number of hydrogen-bond acceptors (Lipinski definition) is 6. The van der Waals surface area contributed by atoms with Crippen LogP contribution >= 0.6 is 0 Å². The lowest BCUT2D eigenvalue weighted by molar-refractivity contribution is -0.146. The number of hydrogen-bond donors (Lipinski definition) is 4. The molecule has 0 rings (SSSR count). The molecule has 4 N–H and O–H groups in total. The monoisotopic (exact) mass is 256 g/mol. The Labute approximate surface area is 91.6 Å². The molecule has 0 fully saturated rings. The van der Waals surface area contributed by atoms with Gasteiger partial charge in [0.2, 0.25) is 0 Å². The fourth-order valence-electron chi connectivity index (χ4n) is 0.641. The Hall–Kier alpha value is -1.39. The minimum atomic E-state index is -4.09. The SMILES string of the molecule is COC(=O)NS(=O)(=O)NCCC(O)C(=O)O. The summed E-state index contributed by atoms with van der Waals surface area (Å²) < 4.78 is 29.4. The van der Waals surface area contributed by atoms with Gasteiger partial charge in [-0.3, -0.25) is 0 Å². The zero-order chi connectivity index (χ0) is 12.8. The number of amides is 1. The van der Waals surface area contributed by atoms with E-state index in [2.05, 4.69) is 4.74 Å². The van der Waals surface area contributed by atoms with Gasteiger partial charge in [-0.1, -0.05) is 0 Å². The predicted octanol–water partition coefficient (Wildman–Crippen LogP) is -1.99. The maximum Gasteiger partial charge on any atom is 0.421 e. The van der Waals surface area contributed by atoms with E-state index in [0.29, 0.717) is 0 Å². The van der Waals surface area contributed by atoms with Crippen LogP contribution in [0.3, 0.4) is 0 Å². The Morgan fingerprint density at radius 1 is 1.44 bits per heavy atom. The van der Waals surface area contributed by atoms with E-state index in [1.54, 1.807) is 0 Å². The molecule has 0 aliphatic carbocycles. The molecule has 0 aromatic carbocycles. The highest BCUT2D eigenvalue weighted by atomic mass is 32.2. The number of carboxylic acid groups (broad SMARTS) is 1. The maximum atomic E-state index is 11.0. The summed E-state index contributed by atoms with van der Waals surface area (Å²) in [4.78, 5) is 20.7. The molecule has 0 heterocycles. The van der Waals surface area contributed by atoms with Gasteiger partial charge in [-0.15, -0.1) is 0 Å². The molecule has 1 unspecified atom stereocenters. The summed E-state index contributed by atoms with van der Waals surface area (Å²) in [5.41, 5.74) is 0. The van der Waals surface area contributed by atoms with Crippen LogP contribution in [0.4, 0.5) is 4.79 Å². The minimum absolute atomic E-state index is 0.322. The summed E-state index contributed by atoms with van der Waals surface area (Å²) in [6.45, 7) is -0.334. The molecule has 0 aromatic heterocycles. The average molecular weight is 256 g/mol. The molecule has 94 valence electrons. The van der Waals surface area contributed by atoms with Gasteiger partial charge in [0.25, 0.3) is 0 Å². The summed E-state index contributed by atoms with van der Waals surface area (Å²) in [5.74, 6) is -1.46. The molecule has 0 saturated carbocycles. The van der Waals surface area contributed by atoms with Gasteiger partial charge in [-0.25, -0.2) is 14.3 Å². The van der Waals surface area contributed by atoms with Crippen LogP contribution in [0.15, 0.2) is 0 Å². The molecular formula is C6H12N2O7S. The molecule has 9 nitrogen and oxygen atoms in total. The van der Waals surface area contributed by atoms with Crippen molar-refractivity contribution >= 4 is 22.3 Å². The van der Waals surface area contributed by atoms with E-state index < -0.39 is 28.4 Å². The number of nitrogens with one attached hydrogen (secondary N) is 2. The fraction of sp³-hybridized carbons (Fsp3) is 0.667. The van der Waals surface area contributed by atoms with Crippen LogP contribution in [-0.2, 0) is 19.7 Å². The molecule has 0 aliphatic heterocycles. The van der Waals surface area contributed by atoms with Gasteiger partial charge in [-0.05, 0) is 6.42 Å². The van der Waals surface area contributed by atoms with Crippen LogP contribution in [0.1, 0.15) is 6.42 Å². The lowest BCUT2D eigenvalue weighted by atomic mass is 10.3. The van der Waals surface area contributed by atoms with Crippen LogP contribution in [-0.4, -0.2) is 50.5 Å². The molecule has 1 atom stereocenters. The number of aliphatic carboxylic acids is 1. The van der Waals surface area contributed by atoms with Crippen LogP contribution in [0.2, 0.25) is 0 Å². The first-order valence-electron chi connectivity index (χ1n) is 4.04. The molecule has 1 amide bonds. The summed E-state index contributed by atoms with van der Waals surface area (Å²) in [7, 11) is -3.11. The Morgan fingerprint density at radius 2 is 2.00 bits per heavy atom. The van der Waals surface area contributed by atoms with Crippen molar-refractivity contribution in [1.29, 1.82) is 0 Å². The van der Waals surface area contributed by atoms with Crippen molar-refractivity contribution in [3.8, 4) is 0 Å². The number of carboxylic acids is 1. The van der Waals surface area contributed by atoms with Crippen molar-refractivity contribution in [3.63, 3.8) is 0 Å². The summed E-state index contributed by atoms with van der Waals surface area (Å²) in [6.07, 6.45) is -3.16. The van der Waals surface area contributed by atoms with Crippen molar-refractivity contribution < 1.29 is 33.0 Å². The van der Waals surface area contributed by atoms with Gasteiger partial charge >= 0.3 is 22.3 Å². The van der Waals surface area contributed by atoms with E-state index in [0.717, 1.165) is 7.11 Å². The van der Waals surface area contributed by atoms with Crippen molar-refractivity contribution in [3.05, 3.63) is 0 Å². The Morgan fingerprint density at radius 3 is 2.44 bits per heavy atom. The first-order valence-corrected chi connectivity index (χ1v) is 5.53. The summed E-state index contributed by atoms with van der Waals surface area (Å²) >= 11 is 0. The molecule has 0 aromatic rings. The molecule has 0 aliphatic rings. The molecule has 10 heteroatoms. The largest absolute Gasteiger partial charge is 0.479 e. The van der Waals surface area contributed by atoms with Crippen LogP contribution in [0, 0.1) is 0 Å². The number of ether oxygens (including phenoxy) is 1. The molecule has 0 bridgehead atoms. The summed E-state index contributed by atoms with van der Waals surface area (Å²) in [6, 6.07) is 0. The van der Waals surface area contributed by atoms with Gasteiger partial charge in [-0.2, -0.15) is 13.1 Å². The van der Waals surface area contributed by atoms with Crippen LogP contribution < -0.4 is 9.44 Å². The molecular weight excluding hydrogens is 244 g/mol. The Balaban J connectivity index is 4.01. The van der Waals surface area contributed by atoms with Crippen molar-refractivity contribution in [1.82, 2.24) is 9.44 Å². The highest BCUT2D eigenvalue weighted by Crippen LogP contribution is 1.90. The maximum absolute atomic E-state index is 11.0. The van der Waals surface area contributed by atoms with Gasteiger partial charge in [0, 0.05) is 6.54 Å². The summed E-state index contributed by atoms with van der Waals surface area (Å²) in [5, 5.41) is 17.1. The number of methoxy groups -OCH3 is 1. The molecule has 0 spiro atoms. The lowest BCUT2D eigenvalue weighted by Gasteiger charge is -2.08. The third-order valence-corrected chi connectivity index (χ3v) is 2.42. The first-order chi connectivity index (χ1) is 7.28. The van der Waals surface area contributed by atoms with Crippen LogP contribution in [0.25, 0.3) is 0 Å². The molecule has 0 saturated heterocycles. The second kappa shape index (κ2) is 6.25. The minimum Gasteiger partial charge on any atom is -0.479 e. The van der Waals surface area contributed by atoms with Crippen molar-refractivity contribution in [2.24, 2.45) is 0 Å². The number of rotatable bonds is 6. The second-order valence-electron chi connectivity index (χ2n) is 2.63. The standard InChI is InChI=1S/C6H12N2O7S/c1-15-6(12)8-16(13,14)7-3-2-4(9)5(10)11/h4,7,9H,2-3H2,1H3,(H,8,12)(H,10,11). The number of carbonyl (C=O) groups is 2. The Bertz CT molecular complexity index is 352. The predicted molar refractivity (Wildman–Crippen MR) is 50.7 cm³/mol. The average Bonchev–Trinajstić information content (AvgIpc) is 2.16. The van der Waals surface area contributed by atoms with Crippen molar-refractivity contribution in [2.45, 2.75) is 12.5 Å². The van der Waals surface area contributed by atoms with Gasteiger partial charge in [0.15, 0.2) is 6.10 Å². The van der Waals surface area contributed by atoms with Gasteiger partial charge in [0.1, 0.15) is 0 Å². The van der Waals surface area contributed by atoms with E-state index in [9.17, 15) is 18.0 Å². The fourth-order valence-corrected chi connectivity index (χ4v) is 1.40. The topological polar surface area (TPSA) is 142 Å². The van der Waals surface area contributed by atoms with Gasteiger partial charge in [0.05, 0.1) is 7.11 Å². The van der Waals surface area contributed by atoms with Crippen LogP contribution in [0.5, 0.6) is 0 Å². The lowest BCUT2D eigenvalue weighted by Crippen LogP contribution is -2.41. The van der Waals surface area contributed by atoms with E-state index in [1.165, 1.54) is 4.72 Å². The highest BCUT2D eigenvalue weighted by molar-refractivity contribution is 7.88. The molecule has 16 heavy (non-hydrogen) atoms. The number of aliphatic hydroxyl groups excluding tert-OH is 1. The zero-order valence-electron chi connectivity index (χ0n) is 8.34. The van der Waals surface area contributed by atoms with Crippen molar-refractivity contribution in [2.75, 3.05) is 13.7 Å². The Kier molecular flexibility index (Phi) is 5.71. The smallest absolute Gasteiger partial charge is 0.421 e. The normalized spacial score (nSPS) is 12.9. The van der Waals surface area contributed by atoms with E-state index >= 15 is 0 Å². The highest BCUT2D eigenvalue weighted by Gasteiger charge is 2.17. The third-order valence-electron chi connectivity index (χ3n) is 1.40. The van der Waals surface area contributed by atoms with E-state index in [-0.39, 0.29) is 13.0 Å². The molecule has 0 radical (unpaired) electrons.